The third-order valence-electron chi connectivity index (χ3n) is 11.8. The van der Waals surface area contributed by atoms with Gasteiger partial charge in [0.15, 0.2) is 0 Å². The van der Waals surface area contributed by atoms with Gasteiger partial charge in [-0.25, -0.2) is 0 Å². The van der Waals surface area contributed by atoms with Gasteiger partial charge in [0, 0.05) is 48.1 Å². The van der Waals surface area contributed by atoms with Crippen LogP contribution in [0.1, 0.15) is 111 Å². The summed E-state index contributed by atoms with van der Waals surface area (Å²) in [5.74, 6) is -1.11. The molecule has 3 fully saturated rings. The fourth-order valence-electron chi connectivity index (χ4n) is 8.53. The van der Waals surface area contributed by atoms with E-state index in [-0.39, 0.29) is 50.9 Å². The number of carbonyl (C=O) groups excluding carboxylic acids is 2. The number of benzene rings is 1. The average Bonchev–Trinajstić information content (AvgIpc) is 3.55. The number of thiophene rings is 1. The fourth-order valence-corrected chi connectivity index (χ4v) is 9.13. The van der Waals surface area contributed by atoms with Crippen molar-refractivity contribution < 1.29 is 47.2 Å². The van der Waals surface area contributed by atoms with E-state index in [2.05, 4.69) is 4.98 Å². The predicted molar refractivity (Wildman–Crippen MR) is 200 cm³/mol. The summed E-state index contributed by atoms with van der Waals surface area (Å²) in [4.78, 5) is 48.8. The van der Waals surface area contributed by atoms with Crippen LogP contribution in [0.3, 0.4) is 0 Å². The Morgan fingerprint density at radius 2 is 1.76 bits per heavy atom. The van der Waals surface area contributed by atoms with Crippen LogP contribution in [0.5, 0.6) is 11.5 Å². The van der Waals surface area contributed by atoms with Crippen LogP contribution in [0.4, 0.5) is 13.2 Å². The minimum Gasteiger partial charge on any atom is -0.490 e. The second-order valence-corrected chi connectivity index (χ2v) is 16.5. The minimum absolute atomic E-state index is 0.130. The molecule has 4 heterocycles. The van der Waals surface area contributed by atoms with Gasteiger partial charge in [0.25, 0.3) is 11.8 Å². The molecule has 0 bridgehead atoms. The van der Waals surface area contributed by atoms with E-state index in [9.17, 15) is 33.0 Å². The molecule has 1 aromatic carbocycles. The molecule has 10 nitrogen and oxygen atoms in total. The molecule has 55 heavy (non-hydrogen) atoms. The maximum absolute atomic E-state index is 15.0. The Morgan fingerprint density at radius 1 is 1.04 bits per heavy atom. The Kier molecular flexibility index (Phi) is 11.9. The molecular weight excluding hydrogens is 736 g/mol. The lowest BCUT2D eigenvalue weighted by Crippen LogP contribution is -2.68. The Hall–Kier alpha value is -4.17. The summed E-state index contributed by atoms with van der Waals surface area (Å²) in [5, 5.41) is 23.7. The van der Waals surface area contributed by atoms with Crippen LogP contribution in [0.2, 0.25) is 0 Å². The normalized spacial score (nSPS) is 22.7. The lowest BCUT2D eigenvalue weighted by atomic mass is 9.66. The van der Waals surface area contributed by atoms with E-state index in [1.807, 2.05) is 45.0 Å². The van der Waals surface area contributed by atoms with Gasteiger partial charge in [-0.15, -0.1) is 11.3 Å². The number of carboxylic acid groups (broad SMARTS) is 1. The quantitative estimate of drug-likeness (QED) is 0.178. The molecule has 3 atom stereocenters. The van der Waals surface area contributed by atoms with Crippen molar-refractivity contribution in [2.24, 2.45) is 5.41 Å². The predicted octanol–water partition coefficient (Wildman–Crippen LogP) is 8.01. The van der Waals surface area contributed by atoms with E-state index in [0.29, 0.717) is 62.0 Å². The molecule has 0 radical (unpaired) electrons. The van der Waals surface area contributed by atoms with Crippen molar-refractivity contribution in [3.05, 3.63) is 75.7 Å². The number of likely N-dealkylation sites (tertiary alicyclic amines) is 2. The van der Waals surface area contributed by atoms with Crippen molar-refractivity contribution in [1.82, 2.24) is 14.8 Å². The summed E-state index contributed by atoms with van der Waals surface area (Å²) in [6.45, 7) is 6.12. The van der Waals surface area contributed by atoms with Crippen molar-refractivity contribution in [2.45, 2.75) is 121 Å². The number of hydrogen-bond donors (Lipinski definition) is 2. The number of ether oxygens (including phenoxy) is 2. The van der Waals surface area contributed by atoms with Crippen LogP contribution in [0, 0.1) is 12.3 Å². The number of alkyl halides is 3. The first kappa shape index (κ1) is 40.5. The van der Waals surface area contributed by atoms with Crippen molar-refractivity contribution in [3.63, 3.8) is 0 Å². The number of carbonyl (C=O) groups is 3. The standard InChI is InChI=1S/C41H50F3N3O7S/c1-4-10-33-40(54-29-25-28(3)55-26-29,17-9-22-47(33)35(48)34-31(41(42,43)44)12-7-21-45-34)36(49)46-23-19-39(52,20-24-46)30-11-5-6-13-32(30)53-27(2)14-18-38(37(50)51)15-8-16-38/h5-7,11-13,21,25-27,33,52H,4,8-10,14-20,22-24H2,1-3H3,(H,50,51)/t27?,33-,40+/m1/s1. The van der Waals surface area contributed by atoms with Crippen LogP contribution in [-0.2, 0) is 21.4 Å². The highest BCUT2D eigenvalue weighted by Gasteiger charge is 2.56. The van der Waals surface area contributed by atoms with Gasteiger partial charge in [-0.05, 0) is 89.5 Å². The summed E-state index contributed by atoms with van der Waals surface area (Å²) < 4.78 is 55.3. The monoisotopic (exact) mass is 785 g/mol. The number of halogens is 3. The molecule has 2 saturated heterocycles. The zero-order valence-electron chi connectivity index (χ0n) is 31.6. The second kappa shape index (κ2) is 16.1. The highest BCUT2D eigenvalue weighted by Crippen LogP contribution is 2.46. The molecule has 3 aliphatic rings. The number of hydrogen-bond acceptors (Lipinski definition) is 8. The van der Waals surface area contributed by atoms with E-state index in [1.54, 1.807) is 16.3 Å². The molecule has 1 unspecified atom stereocenters. The van der Waals surface area contributed by atoms with E-state index in [0.717, 1.165) is 29.6 Å². The van der Waals surface area contributed by atoms with Crippen LogP contribution in [0.25, 0.3) is 0 Å². The Bertz CT molecular complexity index is 1860. The van der Waals surface area contributed by atoms with Crippen molar-refractivity contribution in [1.29, 1.82) is 0 Å². The smallest absolute Gasteiger partial charge is 0.418 e. The van der Waals surface area contributed by atoms with Gasteiger partial charge < -0.3 is 29.5 Å². The van der Waals surface area contributed by atoms with Gasteiger partial charge in [-0.2, -0.15) is 13.2 Å². The molecule has 1 saturated carbocycles. The number of piperidine rings is 2. The van der Waals surface area contributed by atoms with Gasteiger partial charge in [-0.1, -0.05) is 38.0 Å². The van der Waals surface area contributed by atoms with Gasteiger partial charge in [0.2, 0.25) is 5.60 Å². The van der Waals surface area contributed by atoms with Gasteiger partial charge in [-0.3, -0.25) is 19.4 Å². The minimum atomic E-state index is -4.81. The molecular formula is C41H50F3N3O7S. The number of rotatable bonds is 13. The Labute approximate surface area is 323 Å². The maximum Gasteiger partial charge on any atom is 0.418 e. The number of nitrogens with zero attached hydrogens (tertiary/aromatic N) is 3. The third kappa shape index (κ3) is 8.21. The summed E-state index contributed by atoms with van der Waals surface area (Å²) in [7, 11) is 0. The van der Waals surface area contributed by atoms with Crippen LogP contribution in [0.15, 0.2) is 54.0 Å². The molecule has 2 N–H and O–H groups in total. The number of amides is 2. The van der Waals surface area contributed by atoms with Gasteiger partial charge >= 0.3 is 12.1 Å². The van der Waals surface area contributed by atoms with E-state index >= 15 is 4.79 Å². The number of aliphatic carboxylic acids is 1. The zero-order valence-corrected chi connectivity index (χ0v) is 32.4. The van der Waals surface area contributed by atoms with Gasteiger partial charge in [0.05, 0.1) is 28.7 Å². The molecule has 1 aliphatic carbocycles. The highest BCUT2D eigenvalue weighted by molar-refractivity contribution is 7.10. The van der Waals surface area contributed by atoms with E-state index in [4.69, 9.17) is 9.47 Å². The fraction of sp³-hybridized carbons (Fsp3) is 0.561. The van der Waals surface area contributed by atoms with Crippen molar-refractivity contribution >= 4 is 29.1 Å². The van der Waals surface area contributed by atoms with Gasteiger partial charge in [0.1, 0.15) is 17.2 Å². The Morgan fingerprint density at radius 3 is 2.38 bits per heavy atom. The van der Waals surface area contributed by atoms with Crippen molar-refractivity contribution in [3.8, 4) is 11.5 Å². The number of aliphatic hydroxyl groups is 1. The Balaban J connectivity index is 1.24. The molecule has 3 aromatic rings. The van der Waals surface area contributed by atoms with Crippen LogP contribution >= 0.6 is 11.3 Å². The molecule has 2 amide bonds. The summed E-state index contributed by atoms with van der Waals surface area (Å²) >= 11 is 1.44. The summed E-state index contributed by atoms with van der Waals surface area (Å²) in [5.41, 5.74) is -4.91. The topological polar surface area (TPSA) is 130 Å². The molecule has 0 spiro atoms. The largest absolute Gasteiger partial charge is 0.490 e. The number of aromatic nitrogens is 1. The number of aryl methyl sites for hydroxylation is 1. The lowest BCUT2D eigenvalue weighted by molar-refractivity contribution is -0.163. The number of para-hydroxylation sites is 1. The molecule has 2 aliphatic heterocycles. The first-order valence-corrected chi connectivity index (χ1v) is 20.1. The first-order chi connectivity index (χ1) is 26.1. The second-order valence-electron chi connectivity index (χ2n) is 15.4. The van der Waals surface area contributed by atoms with Crippen LogP contribution in [-0.4, -0.2) is 80.2 Å². The maximum atomic E-state index is 15.0. The number of pyridine rings is 1. The summed E-state index contributed by atoms with van der Waals surface area (Å²) in [6.07, 6.45) is 1.05. The third-order valence-corrected chi connectivity index (χ3v) is 12.6. The average molecular weight is 786 g/mol. The molecule has 298 valence electrons. The highest BCUT2D eigenvalue weighted by atomic mass is 32.1. The molecule has 14 heteroatoms. The first-order valence-electron chi connectivity index (χ1n) is 19.2. The SMILES string of the molecule is CCC[C@H]1N(C(=O)c2ncccc2C(F)(F)F)CCC[C@@]1(Oc1csc(C)c1)C(=O)N1CCC(O)(c2ccccc2OC(C)CCC2(C(=O)O)CCC2)CC1. The molecule has 6 rings (SSSR count). The van der Waals surface area contributed by atoms with Crippen LogP contribution < -0.4 is 9.47 Å². The number of carboxylic acids is 1. The van der Waals surface area contributed by atoms with Crippen molar-refractivity contribution in [2.75, 3.05) is 19.6 Å². The lowest BCUT2D eigenvalue weighted by Gasteiger charge is -2.51. The van der Waals surface area contributed by atoms with E-state index in [1.165, 1.54) is 16.2 Å². The van der Waals surface area contributed by atoms with E-state index < -0.39 is 52.0 Å². The zero-order chi connectivity index (χ0) is 39.6. The summed E-state index contributed by atoms with van der Waals surface area (Å²) in [6, 6.07) is 10.1. The molecule has 2 aromatic heterocycles.